The molecule has 0 spiro atoms. The van der Waals surface area contributed by atoms with Crippen molar-refractivity contribution < 1.29 is 14.1 Å². The van der Waals surface area contributed by atoms with Crippen molar-refractivity contribution in [2.24, 2.45) is 0 Å². The van der Waals surface area contributed by atoms with Crippen LogP contribution in [0.2, 0.25) is 5.02 Å². The number of ether oxygens (including phenoxy) is 1. The Morgan fingerprint density at radius 2 is 2.04 bits per heavy atom. The Balaban J connectivity index is 1.76. The highest BCUT2D eigenvalue weighted by molar-refractivity contribution is 6.30. The van der Waals surface area contributed by atoms with E-state index in [1.165, 1.54) is 0 Å². The molecule has 0 aliphatic heterocycles. The topological polar surface area (TPSA) is 77.2 Å². The second kappa shape index (κ2) is 7.36. The summed E-state index contributed by atoms with van der Waals surface area (Å²) >= 11 is 5.94. The van der Waals surface area contributed by atoms with Crippen LogP contribution in [-0.4, -0.2) is 16.0 Å². The molecule has 0 aliphatic rings. The van der Waals surface area contributed by atoms with Crippen molar-refractivity contribution in [1.82, 2.24) is 10.1 Å². The Morgan fingerprint density at radius 1 is 1.24 bits per heavy atom. The molecule has 1 aromatic heterocycles. The summed E-state index contributed by atoms with van der Waals surface area (Å²) in [4.78, 5) is 16.7. The minimum Gasteiger partial charge on any atom is -0.485 e. The van der Waals surface area contributed by atoms with E-state index < -0.39 is 0 Å². The van der Waals surface area contributed by atoms with Crippen LogP contribution in [0.4, 0.5) is 5.69 Å². The molecule has 1 heterocycles. The summed E-state index contributed by atoms with van der Waals surface area (Å²) in [5, 5.41) is 7.26. The molecule has 0 unspecified atom stereocenters. The van der Waals surface area contributed by atoms with E-state index in [9.17, 15) is 4.79 Å². The Labute approximate surface area is 149 Å². The number of hydrogen-bond donors (Lipinski definition) is 1. The summed E-state index contributed by atoms with van der Waals surface area (Å²) in [5.74, 6) is 1.04. The quantitative estimate of drug-likeness (QED) is 0.741. The normalized spacial score (nSPS) is 10.5. The van der Waals surface area contributed by atoms with Gasteiger partial charge in [0.2, 0.25) is 11.7 Å². The minimum atomic E-state index is -0.273. The number of nitrogens with one attached hydrogen (secondary N) is 1. The maximum atomic E-state index is 12.6. The van der Waals surface area contributed by atoms with Gasteiger partial charge in [0.15, 0.2) is 6.61 Å². The maximum absolute atomic E-state index is 12.6. The molecule has 0 aliphatic carbocycles. The number of anilines is 1. The van der Waals surface area contributed by atoms with Gasteiger partial charge in [0.1, 0.15) is 5.75 Å². The number of para-hydroxylation sites is 1. The number of aryl methyl sites for hydroxylation is 2. The van der Waals surface area contributed by atoms with Gasteiger partial charge in [0.05, 0.1) is 5.56 Å². The van der Waals surface area contributed by atoms with Crippen LogP contribution in [0.25, 0.3) is 0 Å². The molecule has 6 nitrogen and oxygen atoms in total. The first-order chi connectivity index (χ1) is 12.0. The molecule has 0 radical (unpaired) electrons. The standard InChI is InChI=1S/C18H16ClN3O3/c1-11-9-13(19)7-8-15(11)21-18(23)14-5-3-4-6-16(14)24-10-17-20-12(2)25-22-17/h3-9H,10H2,1-2H3,(H,21,23). The monoisotopic (exact) mass is 357 g/mol. The van der Waals surface area contributed by atoms with Crippen LogP contribution >= 0.6 is 11.6 Å². The van der Waals surface area contributed by atoms with Crippen LogP contribution in [0.15, 0.2) is 47.0 Å². The summed E-state index contributed by atoms with van der Waals surface area (Å²) in [6.45, 7) is 3.69. The fourth-order valence-electron chi connectivity index (χ4n) is 2.28. The van der Waals surface area contributed by atoms with Crippen molar-refractivity contribution in [3.05, 3.63) is 70.3 Å². The van der Waals surface area contributed by atoms with Crippen LogP contribution in [0.3, 0.4) is 0 Å². The zero-order valence-corrected chi connectivity index (χ0v) is 14.5. The van der Waals surface area contributed by atoms with Crippen molar-refractivity contribution >= 4 is 23.2 Å². The van der Waals surface area contributed by atoms with Crippen LogP contribution in [-0.2, 0) is 6.61 Å². The average molecular weight is 358 g/mol. The van der Waals surface area contributed by atoms with Gasteiger partial charge in [-0.15, -0.1) is 0 Å². The molecule has 1 N–H and O–H groups in total. The number of benzene rings is 2. The molecular weight excluding hydrogens is 342 g/mol. The van der Waals surface area contributed by atoms with Crippen molar-refractivity contribution in [2.75, 3.05) is 5.32 Å². The average Bonchev–Trinajstić information content (AvgIpc) is 3.01. The third kappa shape index (κ3) is 4.16. The number of halogens is 1. The molecule has 0 bridgehead atoms. The van der Waals surface area contributed by atoms with E-state index >= 15 is 0 Å². The van der Waals surface area contributed by atoms with Crippen molar-refractivity contribution in [3.8, 4) is 5.75 Å². The molecular formula is C18H16ClN3O3. The van der Waals surface area contributed by atoms with Crippen LogP contribution in [0, 0.1) is 13.8 Å². The van der Waals surface area contributed by atoms with Crippen molar-refractivity contribution in [2.45, 2.75) is 20.5 Å². The number of rotatable bonds is 5. The number of nitrogens with zero attached hydrogens (tertiary/aromatic N) is 2. The first kappa shape index (κ1) is 17.0. The highest BCUT2D eigenvalue weighted by atomic mass is 35.5. The van der Waals surface area contributed by atoms with Crippen molar-refractivity contribution in [1.29, 1.82) is 0 Å². The van der Waals surface area contributed by atoms with E-state index in [0.717, 1.165) is 5.56 Å². The van der Waals surface area contributed by atoms with Crippen LogP contribution in [0.1, 0.15) is 27.6 Å². The van der Waals surface area contributed by atoms with E-state index in [2.05, 4.69) is 15.5 Å². The lowest BCUT2D eigenvalue weighted by Gasteiger charge is -2.12. The number of carbonyl (C=O) groups excluding carboxylic acids is 1. The molecule has 7 heteroatoms. The zero-order chi connectivity index (χ0) is 17.8. The Bertz CT molecular complexity index is 908. The Kier molecular flexibility index (Phi) is 5.00. The first-order valence-electron chi connectivity index (χ1n) is 7.61. The number of aromatic nitrogens is 2. The number of hydrogen-bond acceptors (Lipinski definition) is 5. The van der Waals surface area contributed by atoms with Crippen LogP contribution < -0.4 is 10.1 Å². The SMILES string of the molecule is Cc1nc(COc2ccccc2C(=O)Nc2ccc(Cl)cc2C)no1. The van der Waals surface area contributed by atoms with Gasteiger partial charge in [-0.25, -0.2) is 0 Å². The summed E-state index contributed by atoms with van der Waals surface area (Å²) in [7, 11) is 0. The molecule has 2 aromatic carbocycles. The lowest BCUT2D eigenvalue weighted by atomic mass is 10.1. The van der Waals surface area contributed by atoms with Crippen molar-refractivity contribution in [3.63, 3.8) is 0 Å². The molecule has 128 valence electrons. The molecule has 0 fully saturated rings. The molecule has 3 aromatic rings. The lowest BCUT2D eigenvalue weighted by Crippen LogP contribution is -2.14. The fraction of sp³-hybridized carbons (Fsp3) is 0.167. The van der Waals surface area contributed by atoms with Gasteiger partial charge in [0, 0.05) is 17.6 Å². The summed E-state index contributed by atoms with van der Waals surface area (Å²) in [6.07, 6.45) is 0. The van der Waals surface area contributed by atoms with Gasteiger partial charge >= 0.3 is 0 Å². The predicted octanol–water partition coefficient (Wildman–Crippen LogP) is 4.17. The van der Waals surface area contributed by atoms with E-state index in [1.54, 1.807) is 49.4 Å². The highest BCUT2D eigenvalue weighted by Crippen LogP contribution is 2.23. The smallest absolute Gasteiger partial charge is 0.259 e. The van der Waals surface area contributed by atoms with Gasteiger partial charge in [0.25, 0.3) is 5.91 Å². The van der Waals surface area contributed by atoms with Crippen LogP contribution in [0.5, 0.6) is 5.75 Å². The molecule has 0 saturated carbocycles. The third-order valence-electron chi connectivity index (χ3n) is 3.49. The van der Waals surface area contributed by atoms with Gasteiger partial charge in [-0.1, -0.05) is 28.9 Å². The molecule has 0 saturated heterocycles. The molecule has 25 heavy (non-hydrogen) atoms. The summed E-state index contributed by atoms with van der Waals surface area (Å²) in [5.41, 5.74) is 1.98. The predicted molar refractivity (Wildman–Crippen MR) is 94.0 cm³/mol. The summed E-state index contributed by atoms with van der Waals surface area (Å²) < 4.78 is 10.6. The third-order valence-corrected chi connectivity index (χ3v) is 3.73. The first-order valence-corrected chi connectivity index (χ1v) is 7.99. The largest absolute Gasteiger partial charge is 0.485 e. The minimum absolute atomic E-state index is 0.113. The Hall–Kier alpha value is -2.86. The van der Waals surface area contributed by atoms with E-state index in [0.29, 0.717) is 33.7 Å². The highest BCUT2D eigenvalue weighted by Gasteiger charge is 2.14. The van der Waals surface area contributed by atoms with Gasteiger partial charge < -0.3 is 14.6 Å². The second-order valence-electron chi connectivity index (χ2n) is 5.43. The van der Waals surface area contributed by atoms with E-state index in [-0.39, 0.29) is 12.5 Å². The maximum Gasteiger partial charge on any atom is 0.259 e. The van der Waals surface area contributed by atoms with Gasteiger partial charge in [-0.2, -0.15) is 4.98 Å². The molecule has 0 atom stereocenters. The van der Waals surface area contributed by atoms with Gasteiger partial charge in [-0.05, 0) is 42.8 Å². The number of amides is 1. The molecule has 1 amide bonds. The van der Waals surface area contributed by atoms with E-state index in [1.807, 2.05) is 6.92 Å². The zero-order valence-electron chi connectivity index (χ0n) is 13.7. The van der Waals surface area contributed by atoms with Gasteiger partial charge in [-0.3, -0.25) is 4.79 Å². The lowest BCUT2D eigenvalue weighted by molar-refractivity contribution is 0.102. The number of carbonyl (C=O) groups is 1. The van der Waals surface area contributed by atoms with E-state index in [4.69, 9.17) is 20.9 Å². The Morgan fingerprint density at radius 3 is 2.76 bits per heavy atom. The molecule has 3 rings (SSSR count). The fourth-order valence-corrected chi connectivity index (χ4v) is 2.51. The second-order valence-corrected chi connectivity index (χ2v) is 5.86. The summed E-state index contributed by atoms with van der Waals surface area (Å²) in [6, 6.07) is 12.3.